The molecular formula is C23H20ClN5O3S. The zero-order chi connectivity index (χ0) is 23.1. The minimum Gasteiger partial charge on any atom is -0.495 e. The topological polar surface area (TPSA) is 91.0 Å². The van der Waals surface area contributed by atoms with Crippen molar-refractivity contribution in [3.05, 3.63) is 69.6 Å². The number of aromatic nitrogens is 4. The molecule has 0 saturated carbocycles. The summed E-state index contributed by atoms with van der Waals surface area (Å²) in [5.41, 5.74) is 2.60. The maximum absolute atomic E-state index is 13.3. The van der Waals surface area contributed by atoms with Gasteiger partial charge in [-0.05, 0) is 42.8 Å². The standard InChI is InChI=1S/C23H20ClN5O3S/c1-13-6-7-19(32-2)18(8-13)26-20(30)10-16-12-33-23-27-21-17(22(31)28(16)23)11-25-29(21)15-5-3-4-14(24)9-15/h3-9,11,16H,10,12H2,1-2H3,(H,26,30). The Bertz CT molecular complexity index is 1450. The zero-order valence-corrected chi connectivity index (χ0v) is 19.5. The molecular weight excluding hydrogens is 462 g/mol. The first kappa shape index (κ1) is 21.5. The van der Waals surface area contributed by atoms with Crippen LogP contribution >= 0.6 is 23.4 Å². The van der Waals surface area contributed by atoms with E-state index in [2.05, 4.69) is 10.4 Å². The number of benzene rings is 2. The van der Waals surface area contributed by atoms with Gasteiger partial charge in [-0.3, -0.25) is 14.2 Å². The van der Waals surface area contributed by atoms with Gasteiger partial charge in [-0.1, -0.05) is 35.5 Å². The molecule has 0 spiro atoms. The van der Waals surface area contributed by atoms with Crippen molar-refractivity contribution in [2.24, 2.45) is 0 Å². The number of fused-ring (bicyclic) bond motifs is 2. The highest BCUT2D eigenvalue weighted by Crippen LogP contribution is 2.34. The predicted octanol–water partition coefficient (Wildman–Crippen LogP) is 4.23. The summed E-state index contributed by atoms with van der Waals surface area (Å²) in [6.07, 6.45) is 1.66. The molecule has 1 amide bonds. The summed E-state index contributed by atoms with van der Waals surface area (Å²) in [5.74, 6) is 0.973. The summed E-state index contributed by atoms with van der Waals surface area (Å²) < 4.78 is 8.55. The van der Waals surface area contributed by atoms with Crippen molar-refractivity contribution in [1.82, 2.24) is 19.3 Å². The van der Waals surface area contributed by atoms with Crippen LogP contribution in [0.15, 0.2) is 58.6 Å². The van der Waals surface area contributed by atoms with E-state index in [0.717, 1.165) is 11.3 Å². The Morgan fingerprint density at radius 3 is 2.94 bits per heavy atom. The van der Waals surface area contributed by atoms with E-state index in [1.54, 1.807) is 28.5 Å². The number of carbonyl (C=O) groups is 1. The van der Waals surface area contributed by atoms with Crippen LogP contribution in [0.2, 0.25) is 5.02 Å². The molecule has 33 heavy (non-hydrogen) atoms. The van der Waals surface area contributed by atoms with Gasteiger partial charge in [-0.15, -0.1) is 0 Å². The number of nitrogens with one attached hydrogen (secondary N) is 1. The Morgan fingerprint density at radius 1 is 1.30 bits per heavy atom. The minimum absolute atomic E-state index is 0.145. The molecule has 1 N–H and O–H groups in total. The molecule has 8 nitrogen and oxygen atoms in total. The number of hydrogen-bond donors (Lipinski definition) is 1. The van der Waals surface area contributed by atoms with Crippen LogP contribution in [0, 0.1) is 6.92 Å². The zero-order valence-electron chi connectivity index (χ0n) is 17.9. The molecule has 0 radical (unpaired) electrons. The second-order valence-electron chi connectivity index (χ2n) is 7.76. The quantitative estimate of drug-likeness (QED) is 0.429. The van der Waals surface area contributed by atoms with E-state index < -0.39 is 0 Å². The number of hydrogen-bond acceptors (Lipinski definition) is 6. The lowest BCUT2D eigenvalue weighted by Gasteiger charge is -2.15. The Morgan fingerprint density at radius 2 is 2.15 bits per heavy atom. The highest BCUT2D eigenvalue weighted by atomic mass is 35.5. The first-order valence-corrected chi connectivity index (χ1v) is 11.6. The summed E-state index contributed by atoms with van der Waals surface area (Å²) in [5, 5.41) is 8.80. The summed E-state index contributed by atoms with van der Waals surface area (Å²) in [4.78, 5) is 30.8. The molecule has 1 unspecified atom stereocenters. The van der Waals surface area contributed by atoms with Gasteiger partial charge in [0.2, 0.25) is 5.91 Å². The number of rotatable bonds is 5. The molecule has 0 bridgehead atoms. The smallest absolute Gasteiger partial charge is 0.265 e. The van der Waals surface area contributed by atoms with Crippen molar-refractivity contribution in [3.63, 3.8) is 0 Å². The van der Waals surface area contributed by atoms with Gasteiger partial charge in [0.25, 0.3) is 5.56 Å². The van der Waals surface area contributed by atoms with E-state index in [1.165, 1.54) is 18.0 Å². The third kappa shape index (κ3) is 3.98. The molecule has 1 aliphatic heterocycles. The fraction of sp³-hybridized carbons (Fsp3) is 0.217. The average molecular weight is 482 g/mol. The highest BCUT2D eigenvalue weighted by molar-refractivity contribution is 7.99. The summed E-state index contributed by atoms with van der Waals surface area (Å²) in [6, 6.07) is 12.5. The van der Waals surface area contributed by atoms with E-state index >= 15 is 0 Å². The largest absolute Gasteiger partial charge is 0.495 e. The number of ether oxygens (including phenoxy) is 1. The minimum atomic E-state index is -0.306. The third-order valence-electron chi connectivity index (χ3n) is 5.47. The number of anilines is 1. The van der Waals surface area contributed by atoms with E-state index in [4.69, 9.17) is 21.3 Å². The number of nitrogens with zero attached hydrogens (tertiary/aromatic N) is 4. The van der Waals surface area contributed by atoms with Crippen LogP contribution in [0.5, 0.6) is 5.75 Å². The Labute approximate surface area is 198 Å². The summed E-state index contributed by atoms with van der Waals surface area (Å²) >= 11 is 7.57. The van der Waals surface area contributed by atoms with Crippen LogP contribution in [-0.4, -0.2) is 38.1 Å². The summed E-state index contributed by atoms with van der Waals surface area (Å²) in [7, 11) is 1.56. The Balaban J connectivity index is 1.44. The van der Waals surface area contributed by atoms with Crippen LogP contribution in [0.3, 0.4) is 0 Å². The van der Waals surface area contributed by atoms with Gasteiger partial charge in [0.05, 0.1) is 30.7 Å². The van der Waals surface area contributed by atoms with Crippen LogP contribution in [0.4, 0.5) is 5.69 Å². The molecule has 168 valence electrons. The number of aryl methyl sites for hydroxylation is 1. The van der Waals surface area contributed by atoms with Crippen molar-refractivity contribution in [2.45, 2.75) is 24.5 Å². The lowest BCUT2D eigenvalue weighted by atomic mass is 10.2. The fourth-order valence-corrected chi connectivity index (χ4v) is 5.23. The Hall–Kier alpha value is -3.30. The molecule has 2 aromatic heterocycles. The van der Waals surface area contributed by atoms with E-state index in [9.17, 15) is 9.59 Å². The summed E-state index contributed by atoms with van der Waals surface area (Å²) in [6.45, 7) is 1.94. The molecule has 3 heterocycles. The maximum atomic E-state index is 13.3. The number of halogens is 1. The van der Waals surface area contributed by atoms with Gasteiger partial charge in [-0.25, -0.2) is 9.67 Å². The van der Waals surface area contributed by atoms with Crippen LogP contribution in [-0.2, 0) is 4.79 Å². The third-order valence-corrected chi connectivity index (χ3v) is 6.81. The van der Waals surface area contributed by atoms with E-state index in [0.29, 0.717) is 38.4 Å². The predicted molar refractivity (Wildman–Crippen MR) is 129 cm³/mol. The SMILES string of the molecule is COc1ccc(C)cc1NC(=O)CC1CSc2nc3c(cnn3-c3cccc(Cl)c3)c(=O)n21. The first-order valence-electron chi connectivity index (χ1n) is 10.3. The van der Waals surface area contributed by atoms with Gasteiger partial charge in [0, 0.05) is 17.2 Å². The normalized spacial score (nSPS) is 14.9. The van der Waals surface area contributed by atoms with Gasteiger partial charge >= 0.3 is 0 Å². The second-order valence-corrected chi connectivity index (χ2v) is 9.19. The molecule has 0 aliphatic carbocycles. The van der Waals surface area contributed by atoms with Gasteiger partial charge in [0.1, 0.15) is 11.1 Å². The van der Waals surface area contributed by atoms with Crippen LogP contribution in [0.25, 0.3) is 16.7 Å². The average Bonchev–Trinajstić information content (AvgIpc) is 3.39. The lowest BCUT2D eigenvalue weighted by Crippen LogP contribution is -2.27. The first-order chi connectivity index (χ1) is 15.9. The molecule has 1 atom stereocenters. The second kappa shape index (κ2) is 8.57. The van der Waals surface area contributed by atoms with E-state index in [-0.39, 0.29) is 23.9 Å². The number of methoxy groups -OCH3 is 1. The van der Waals surface area contributed by atoms with Gasteiger partial charge in [0.15, 0.2) is 10.8 Å². The van der Waals surface area contributed by atoms with Crippen molar-refractivity contribution in [1.29, 1.82) is 0 Å². The van der Waals surface area contributed by atoms with Crippen molar-refractivity contribution < 1.29 is 9.53 Å². The fourth-order valence-electron chi connectivity index (χ4n) is 3.91. The molecule has 2 aromatic carbocycles. The molecule has 0 fully saturated rings. The van der Waals surface area contributed by atoms with Gasteiger partial charge in [-0.2, -0.15) is 5.10 Å². The van der Waals surface area contributed by atoms with Crippen molar-refractivity contribution in [2.75, 3.05) is 18.2 Å². The molecule has 1 aliphatic rings. The Kier molecular flexibility index (Phi) is 5.59. The lowest BCUT2D eigenvalue weighted by molar-refractivity contribution is -0.116. The molecule has 4 aromatic rings. The monoisotopic (exact) mass is 481 g/mol. The molecule has 10 heteroatoms. The van der Waals surface area contributed by atoms with Crippen molar-refractivity contribution in [3.8, 4) is 11.4 Å². The molecule has 0 saturated heterocycles. The number of thioether (sulfide) groups is 1. The number of amides is 1. The van der Waals surface area contributed by atoms with Crippen LogP contribution < -0.4 is 15.6 Å². The van der Waals surface area contributed by atoms with E-state index in [1.807, 2.05) is 37.3 Å². The van der Waals surface area contributed by atoms with Crippen molar-refractivity contribution >= 4 is 46.0 Å². The molecule has 5 rings (SSSR count). The van der Waals surface area contributed by atoms with Crippen LogP contribution in [0.1, 0.15) is 18.0 Å². The van der Waals surface area contributed by atoms with Gasteiger partial charge < -0.3 is 10.1 Å². The highest BCUT2D eigenvalue weighted by Gasteiger charge is 2.30. The number of carbonyl (C=O) groups excluding carboxylic acids is 1. The maximum Gasteiger partial charge on any atom is 0.265 e.